The Hall–Kier alpha value is -2.20. The number of halogens is 1. The van der Waals surface area contributed by atoms with Crippen LogP contribution in [0.15, 0.2) is 36.4 Å². The fourth-order valence-corrected chi connectivity index (χ4v) is 2.61. The summed E-state index contributed by atoms with van der Waals surface area (Å²) >= 11 is 0. The molecule has 0 amide bonds. The molecule has 1 aliphatic rings. The van der Waals surface area contributed by atoms with Gasteiger partial charge in [-0.3, -0.25) is 4.79 Å². The van der Waals surface area contributed by atoms with Gasteiger partial charge in [0.1, 0.15) is 17.9 Å². The summed E-state index contributed by atoms with van der Waals surface area (Å²) in [5.41, 5.74) is 3.47. The van der Waals surface area contributed by atoms with E-state index in [9.17, 15) is 9.18 Å². The average molecular weight is 300 g/mol. The Kier molecular flexibility index (Phi) is 4.20. The Morgan fingerprint density at radius 1 is 1.23 bits per heavy atom. The minimum Gasteiger partial charge on any atom is -0.467 e. The number of benzene rings is 2. The van der Waals surface area contributed by atoms with Gasteiger partial charge in [0.25, 0.3) is 0 Å². The van der Waals surface area contributed by atoms with Crippen molar-refractivity contribution in [3.8, 4) is 16.9 Å². The topological polar surface area (TPSA) is 35.5 Å². The van der Waals surface area contributed by atoms with Crippen LogP contribution in [0.2, 0.25) is 0 Å². The van der Waals surface area contributed by atoms with Gasteiger partial charge in [0.2, 0.25) is 0 Å². The molecule has 3 nitrogen and oxygen atoms in total. The summed E-state index contributed by atoms with van der Waals surface area (Å²) in [4.78, 5) is 11.2. The lowest BCUT2D eigenvalue weighted by molar-refractivity contribution is 0.0514. The SMILES string of the molecule is COCOc1cc(C=O)cc(C2CC2)c1-c1ccc(F)cc1. The first-order valence-corrected chi connectivity index (χ1v) is 7.23. The number of rotatable bonds is 6. The Bertz CT molecular complexity index is 675. The largest absolute Gasteiger partial charge is 0.467 e. The normalized spacial score (nSPS) is 13.9. The summed E-state index contributed by atoms with van der Waals surface area (Å²) in [6, 6.07) is 9.94. The first-order valence-electron chi connectivity index (χ1n) is 7.23. The van der Waals surface area contributed by atoms with Gasteiger partial charge in [0.05, 0.1) is 0 Å². The van der Waals surface area contributed by atoms with Crippen LogP contribution in [0.25, 0.3) is 11.1 Å². The molecule has 4 heteroatoms. The van der Waals surface area contributed by atoms with E-state index in [-0.39, 0.29) is 12.6 Å². The highest BCUT2D eigenvalue weighted by Crippen LogP contribution is 2.48. The monoisotopic (exact) mass is 300 g/mol. The molecule has 0 saturated heterocycles. The van der Waals surface area contributed by atoms with Crippen LogP contribution in [-0.2, 0) is 4.74 Å². The summed E-state index contributed by atoms with van der Waals surface area (Å²) in [7, 11) is 1.54. The van der Waals surface area contributed by atoms with Gasteiger partial charge < -0.3 is 9.47 Å². The van der Waals surface area contributed by atoms with E-state index in [0.717, 1.165) is 35.8 Å². The van der Waals surface area contributed by atoms with Crippen LogP contribution >= 0.6 is 0 Å². The molecule has 0 bridgehead atoms. The molecule has 0 unspecified atom stereocenters. The lowest BCUT2D eigenvalue weighted by atomic mass is 9.93. The molecule has 22 heavy (non-hydrogen) atoms. The average Bonchev–Trinajstić information content (AvgIpc) is 3.38. The molecule has 1 saturated carbocycles. The smallest absolute Gasteiger partial charge is 0.188 e. The van der Waals surface area contributed by atoms with Crippen molar-refractivity contribution in [2.75, 3.05) is 13.9 Å². The molecule has 0 atom stereocenters. The molecule has 1 fully saturated rings. The molecule has 3 rings (SSSR count). The van der Waals surface area contributed by atoms with E-state index in [1.54, 1.807) is 25.3 Å². The number of methoxy groups -OCH3 is 1. The van der Waals surface area contributed by atoms with Crippen LogP contribution in [0.3, 0.4) is 0 Å². The van der Waals surface area contributed by atoms with Crippen molar-refractivity contribution in [3.63, 3.8) is 0 Å². The second kappa shape index (κ2) is 6.28. The van der Waals surface area contributed by atoms with Crippen molar-refractivity contribution in [1.82, 2.24) is 0 Å². The number of ether oxygens (including phenoxy) is 2. The predicted octanol–water partition coefficient (Wildman–Crippen LogP) is 4.17. The van der Waals surface area contributed by atoms with E-state index in [2.05, 4.69) is 0 Å². The fraction of sp³-hybridized carbons (Fsp3) is 0.278. The van der Waals surface area contributed by atoms with E-state index in [1.165, 1.54) is 12.1 Å². The van der Waals surface area contributed by atoms with Gasteiger partial charge in [-0.15, -0.1) is 0 Å². The zero-order chi connectivity index (χ0) is 15.5. The van der Waals surface area contributed by atoms with Crippen molar-refractivity contribution >= 4 is 6.29 Å². The lowest BCUT2D eigenvalue weighted by Gasteiger charge is -2.16. The Morgan fingerprint density at radius 3 is 2.55 bits per heavy atom. The molecule has 0 heterocycles. The molecule has 1 aliphatic carbocycles. The number of carbonyl (C=O) groups is 1. The highest BCUT2D eigenvalue weighted by atomic mass is 19.1. The Balaban J connectivity index is 2.14. The third-order valence-corrected chi connectivity index (χ3v) is 3.77. The fourth-order valence-electron chi connectivity index (χ4n) is 2.61. The molecule has 0 N–H and O–H groups in total. The van der Waals surface area contributed by atoms with Gasteiger partial charge in [-0.05, 0) is 54.2 Å². The third kappa shape index (κ3) is 3.02. The maximum atomic E-state index is 13.2. The van der Waals surface area contributed by atoms with Crippen molar-refractivity contribution in [2.24, 2.45) is 0 Å². The molecule has 0 aliphatic heterocycles. The number of hydrogen-bond donors (Lipinski definition) is 0. The minimum atomic E-state index is -0.277. The van der Waals surface area contributed by atoms with Crippen molar-refractivity contribution in [1.29, 1.82) is 0 Å². The van der Waals surface area contributed by atoms with E-state index >= 15 is 0 Å². The molecule has 0 aromatic heterocycles. The molecule has 114 valence electrons. The van der Waals surface area contributed by atoms with Gasteiger partial charge in [0.15, 0.2) is 6.79 Å². The number of hydrogen-bond acceptors (Lipinski definition) is 3. The van der Waals surface area contributed by atoms with Crippen LogP contribution in [0.5, 0.6) is 5.75 Å². The van der Waals surface area contributed by atoms with Gasteiger partial charge in [-0.1, -0.05) is 12.1 Å². The highest BCUT2D eigenvalue weighted by molar-refractivity contribution is 5.83. The van der Waals surface area contributed by atoms with E-state index < -0.39 is 0 Å². The van der Waals surface area contributed by atoms with Gasteiger partial charge >= 0.3 is 0 Å². The van der Waals surface area contributed by atoms with Crippen LogP contribution in [0.4, 0.5) is 4.39 Å². The van der Waals surface area contributed by atoms with E-state index in [4.69, 9.17) is 9.47 Å². The van der Waals surface area contributed by atoms with Crippen molar-refractivity contribution in [2.45, 2.75) is 18.8 Å². The van der Waals surface area contributed by atoms with Gasteiger partial charge in [-0.2, -0.15) is 0 Å². The number of aldehydes is 1. The van der Waals surface area contributed by atoms with Crippen LogP contribution in [-0.4, -0.2) is 20.2 Å². The van der Waals surface area contributed by atoms with Crippen molar-refractivity contribution in [3.05, 3.63) is 53.3 Å². The predicted molar refractivity (Wildman–Crippen MR) is 81.7 cm³/mol. The molecular weight excluding hydrogens is 283 g/mol. The lowest BCUT2D eigenvalue weighted by Crippen LogP contribution is -2.03. The number of carbonyl (C=O) groups excluding carboxylic acids is 1. The maximum absolute atomic E-state index is 13.2. The quantitative estimate of drug-likeness (QED) is 0.593. The molecule has 0 spiro atoms. The van der Waals surface area contributed by atoms with E-state index in [1.807, 2.05) is 6.07 Å². The minimum absolute atomic E-state index is 0.0978. The van der Waals surface area contributed by atoms with Gasteiger partial charge in [0, 0.05) is 18.2 Å². The molecule has 2 aromatic rings. The highest BCUT2D eigenvalue weighted by Gasteiger charge is 2.29. The van der Waals surface area contributed by atoms with Crippen LogP contribution < -0.4 is 4.74 Å². The van der Waals surface area contributed by atoms with Crippen molar-refractivity contribution < 1.29 is 18.7 Å². The van der Waals surface area contributed by atoms with Crippen LogP contribution in [0.1, 0.15) is 34.7 Å². The zero-order valence-electron chi connectivity index (χ0n) is 12.3. The molecule has 0 radical (unpaired) electrons. The van der Waals surface area contributed by atoms with Gasteiger partial charge in [-0.25, -0.2) is 4.39 Å². The summed E-state index contributed by atoms with van der Waals surface area (Å²) < 4.78 is 23.8. The second-order valence-corrected chi connectivity index (χ2v) is 5.43. The van der Waals surface area contributed by atoms with Crippen LogP contribution in [0, 0.1) is 5.82 Å². The summed E-state index contributed by atoms with van der Waals surface area (Å²) in [5, 5.41) is 0. The van der Waals surface area contributed by atoms with E-state index in [0.29, 0.717) is 17.2 Å². The standard InChI is InChI=1S/C18H17FO3/c1-21-11-22-17-9-12(10-20)8-16(13-2-3-13)18(17)14-4-6-15(19)7-5-14/h4-10,13H,2-3,11H2,1H3. The first-order chi connectivity index (χ1) is 10.7. The maximum Gasteiger partial charge on any atom is 0.188 e. The third-order valence-electron chi connectivity index (χ3n) is 3.77. The Morgan fingerprint density at radius 2 is 1.95 bits per heavy atom. The summed E-state index contributed by atoms with van der Waals surface area (Å²) in [5.74, 6) is 0.755. The first kappa shape index (κ1) is 14.7. The second-order valence-electron chi connectivity index (χ2n) is 5.43. The molecular formula is C18H17FO3. The zero-order valence-corrected chi connectivity index (χ0v) is 12.3. The Labute approximate surface area is 128 Å². The summed E-state index contributed by atoms with van der Waals surface area (Å²) in [6.07, 6.45) is 3.01. The summed E-state index contributed by atoms with van der Waals surface area (Å²) in [6.45, 7) is 0.0978. The molecule has 2 aromatic carbocycles.